The van der Waals surface area contributed by atoms with Crippen molar-refractivity contribution in [2.45, 2.75) is 30.5 Å². The number of nitriles is 1. The van der Waals surface area contributed by atoms with Crippen LogP contribution in [-0.4, -0.2) is 19.4 Å². The van der Waals surface area contributed by atoms with E-state index in [1.807, 2.05) is 6.07 Å². The molecular formula is C8H11N3O3S2. The van der Waals surface area contributed by atoms with Gasteiger partial charge in [0.1, 0.15) is 0 Å². The van der Waals surface area contributed by atoms with E-state index in [0.29, 0.717) is 17.0 Å². The van der Waals surface area contributed by atoms with E-state index in [-0.39, 0.29) is 10.6 Å². The molecule has 0 fully saturated rings. The van der Waals surface area contributed by atoms with Gasteiger partial charge in [-0.05, 0) is 13.8 Å². The number of aryl methyl sites for hydroxylation is 1. The molecule has 2 N–H and O–H groups in total. The molecule has 0 saturated heterocycles. The number of aromatic nitrogens is 1. The summed E-state index contributed by atoms with van der Waals surface area (Å²) in [5.74, 6) is 0. The lowest BCUT2D eigenvalue weighted by molar-refractivity contribution is 0.564. The largest absolute Gasteiger partial charge is 0.315 e. The molecule has 8 heteroatoms. The smallest absolute Gasteiger partial charge is 0.305 e. The summed E-state index contributed by atoms with van der Waals surface area (Å²) >= 11 is 0.637. The molecule has 0 radical (unpaired) electrons. The lowest BCUT2D eigenvalue weighted by Crippen LogP contribution is -2.32. The second kappa shape index (κ2) is 4.78. The first-order valence-electron chi connectivity index (χ1n) is 4.46. The third-order valence-corrected chi connectivity index (χ3v) is 4.97. The summed E-state index contributed by atoms with van der Waals surface area (Å²) in [6, 6.07) is 1.39. The van der Waals surface area contributed by atoms with Gasteiger partial charge in [0.2, 0.25) is 0 Å². The Hall–Kier alpha value is -1.17. The van der Waals surface area contributed by atoms with Gasteiger partial charge in [0.05, 0.1) is 12.5 Å². The molecule has 1 aromatic rings. The molecule has 0 spiro atoms. The van der Waals surface area contributed by atoms with Crippen LogP contribution in [-0.2, 0) is 10.0 Å². The predicted octanol–water partition coefficient (Wildman–Crippen LogP) is 0.325. The van der Waals surface area contributed by atoms with Gasteiger partial charge in [-0.1, -0.05) is 11.3 Å². The van der Waals surface area contributed by atoms with E-state index in [0.717, 1.165) is 0 Å². The van der Waals surface area contributed by atoms with Crippen molar-refractivity contribution in [3.8, 4) is 6.07 Å². The van der Waals surface area contributed by atoms with E-state index in [1.165, 1.54) is 6.92 Å². The van der Waals surface area contributed by atoms with Crippen molar-refractivity contribution in [1.29, 1.82) is 5.26 Å². The van der Waals surface area contributed by atoms with Crippen molar-refractivity contribution in [3.63, 3.8) is 0 Å². The van der Waals surface area contributed by atoms with Gasteiger partial charge in [0.15, 0.2) is 4.21 Å². The molecule has 1 aromatic heterocycles. The summed E-state index contributed by atoms with van der Waals surface area (Å²) in [4.78, 5) is 13.0. The average molecular weight is 261 g/mol. The van der Waals surface area contributed by atoms with Crippen LogP contribution in [0.4, 0.5) is 0 Å². The zero-order valence-corrected chi connectivity index (χ0v) is 10.4. The van der Waals surface area contributed by atoms with Gasteiger partial charge in [-0.25, -0.2) is 13.1 Å². The quantitative estimate of drug-likeness (QED) is 0.814. The maximum absolute atomic E-state index is 11.8. The normalized spacial score (nSPS) is 13.3. The Labute approximate surface area is 97.0 Å². The van der Waals surface area contributed by atoms with Crippen LogP contribution < -0.4 is 9.60 Å². The number of thiazole rings is 1. The van der Waals surface area contributed by atoms with Crippen molar-refractivity contribution < 1.29 is 8.42 Å². The average Bonchev–Trinajstić information content (AvgIpc) is 2.45. The van der Waals surface area contributed by atoms with Gasteiger partial charge in [0.25, 0.3) is 10.0 Å². The Morgan fingerprint density at radius 1 is 1.62 bits per heavy atom. The minimum absolute atomic E-state index is 0.0257. The van der Waals surface area contributed by atoms with Crippen molar-refractivity contribution >= 4 is 21.4 Å². The molecule has 1 atom stereocenters. The second-order valence-corrected chi connectivity index (χ2v) is 6.20. The number of sulfonamides is 1. The monoisotopic (exact) mass is 261 g/mol. The van der Waals surface area contributed by atoms with Crippen LogP contribution in [0.25, 0.3) is 0 Å². The number of nitrogens with one attached hydrogen (secondary N) is 2. The first-order chi connectivity index (χ1) is 7.36. The van der Waals surface area contributed by atoms with Crippen LogP contribution in [0.15, 0.2) is 9.00 Å². The third kappa shape index (κ3) is 2.91. The summed E-state index contributed by atoms with van der Waals surface area (Å²) in [7, 11) is -3.71. The number of rotatable bonds is 4. The fraction of sp³-hybridized carbons (Fsp3) is 0.500. The number of H-pyrrole nitrogens is 1. The van der Waals surface area contributed by atoms with Gasteiger partial charge in [0, 0.05) is 11.7 Å². The first kappa shape index (κ1) is 12.9. The van der Waals surface area contributed by atoms with Gasteiger partial charge >= 0.3 is 4.87 Å². The molecule has 0 saturated carbocycles. The standard InChI is InChI=1S/C8H11N3O3S2/c1-5(3-4-9)11-16(13,14)7-6(2)10-8(12)15-7/h5,11H,3H2,1-2H3,(H,10,12). The van der Waals surface area contributed by atoms with E-state index in [9.17, 15) is 13.2 Å². The van der Waals surface area contributed by atoms with Crippen LogP contribution in [0.2, 0.25) is 0 Å². The van der Waals surface area contributed by atoms with Crippen LogP contribution in [0.5, 0.6) is 0 Å². The number of aromatic amines is 1. The number of hydrogen-bond acceptors (Lipinski definition) is 5. The van der Waals surface area contributed by atoms with E-state index in [1.54, 1.807) is 6.92 Å². The predicted molar refractivity (Wildman–Crippen MR) is 59.7 cm³/mol. The Balaban J connectivity index is 3.00. The summed E-state index contributed by atoms with van der Waals surface area (Å²) in [5, 5.41) is 8.42. The van der Waals surface area contributed by atoms with E-state index in [2.05, 4.69) is 9.71 Å². The lowest BCUT2D eigenvalue weighted by Gasteiger charge is -2.09. The highest BCUT2D eigenvalue weighted by atomic mass is 32.2. The Morgan fingerprint density at radius 3 is 2.69 bits per heavy atom. The van der Waals surface area contributed by atoms with Crippen molar-refractivity contribution in [2.75, 3.05) is 0 Å². The van der Waals surface area contributed by atoms with Crippen molar-refractivity contribution in [1.82, 2.24) is 9.71 Å². The maximum Gasteiger partial charge on any atom is 0.305 e. The van der Waals surface area contributed by atoms with E-state index in [4.69, 9.17) is 5.26 Å². The molecule has 0 bridgehead atoms. The van der Waals surface area contributed by atoms with Gasteiger partial charge in [-0.15, -0.1) is 0 Å². The summed E-state index contributed by atoms with van der Waals surface area (Å²) in [5.41, 5.74) is 0.312. The molecule has 16 heavy (non-hydrogen) atoms. The van der Waals surface area contributed by atoms with Crippen LogP contribution in [0, 0.1) is 18.3 Å². The van der Waals surface area contributed by atoms with E-state index < -0.39 is 20.9 Å². The highest BCUT2D eigenvalue weighted by Gasteiger charge is 2.22. The number of hydrogen-bond donors (Lipinski definition) is 2. The molecule has 88 valence electrons. The molecule has 0 aromatic carbocycles. The van der Waals surface area contributed by atoms with Crippen molar-refractivity contribution in [2.24, 2.45) is 0 Å². The highest BCUT2D eigenvalue weighted by molar-refractivity contribution is 7.91. The molecule has 0 aliphatic rings. The summed E-state index contributed by atoms with van der Waals surface area (Å²) in [6.45, 7) is 3.10. The SMILES string of the molecule is Cc1[nH]c(=O)sc1S(=O)(=O)NC(C)CC#N. The zero-order chi connectivity index (χ0) is 12.3. The zero-order valence-electron chi connectivity index (χ0n) is 8.77. The summed E-state index contributed by atoms with van der Waals surface area (Å²) in [6.07, 6.45) is 0.0810. The third-order valence-electron chi connectivity index (χ3n) is 1.78. The van der Waals surface area contributed by atoms with Crippen LogP contribution >= 0.6 is 11.3 Å². The van der Waals surface area contributed by atoms with Crippen LogP contribution in [0.3, 0.4) is 0 Å². The van der Waals surface area contributed by atoms with Crippen LogP contribution in [0.1, 0.15) is 19.0 Å². The van der Waals surface area contributed by atoms with E-state index >= 15 is 0 Å². The first-order valence-corrected chi connectivity index (χ1v) is 6.76. The molecule has 0 aliphatic heterocycles. The van der Waals surface area contributed by atoms with Gasteiger partial charge in [-0.2, -0.15) is 5.26 Å². The minimum atomic E-state index is -3.71. The topological polar surface area (TPSA) is 103 Å². The van der Waals surface area contributed by atoms with Crippen molar-refractivity contribution in [3.05, 3.63) is 15.4 Å². The molecule has 6 nitrogen and oxygen atoms in total. The Kier molecular flexibility index (Phi) is 3.85. The molecule has 1 rings (SSSR count). The summed E-state index contributed by atoms with van der Waals surface area (Å²) < 4.78 is 25.9. The molecule has 0 amide bonds. The lowest BCUT2D eigenvalue weighted by atomic mass is 10.3. The highest BCUT2D eigenvalue weighted by Crippen LogP contribution is 2.16. The maximum atomic E-state index is 11.8. The van der Waals surface area contributed by atoms with Gasteiger partial charge < -0.3 is 4.98 Å². The molecular weight excluding hydrogens is 250 g/mol. The molecule has 1 unspecified atom stereocenters. The number of nitrogens with zero attached hydrogens (tertiary/aromatic N) is 1. The minimum Gasteiger partial charge on any atom is -0.315 e. The molecule has 1 heterocycles. The fourth-order valence-corrected chi connectivity index (χ4v) is 3.70. The Bertz CT molecular complexity index is 564. The second-order valence-electron chi connectivity index (χ2n) is 3.31. The fourth-order valence-electron chi connectivity index (χ4n) is 1.14. The molecule has 0 aliphatic carbocycles. The van der Waals surface area contributed by atoms with Gasteiger partial charge in [-0.3, -0.25) is 4.79 Å². The Morgan fingerprint density at radius 2 is 2.25 bits per heavy atom.